The summed E-state index contributed by atoms with van der Waals surface area (Å²) in [5.41, 5.74) is 4.61. The zero-order valence-electron chi connectivity index (χ0n) is 14.8. The van der Waals surface area contributed by atoms with Gasteiger partial charge in [-0.2, -0.15) is 4.31 Å². The van der Waals surface area contributed by atoms with Crippen LogP contribution in [0.15, 0.2) is 41.3 Å². The Morgan fingerprint density at radius 2 is 1.84 bits per heavy atom. The van der Waals surface area contributed by atoms with Crippen LogP contribution >= 0.6 is 0 Å². The molecular weight excluding hydrogens is 336 g/mol. The summed E-state index contributed by atoms with van der Waals surface area (Å²) in [6, 6.07) is 10.8. The molecule has 0 radical (unpaired) electrons. The maximum atomic E-state index is 12.9. The predicted octanol–water partition coefficient (Wildman–Crippen LogP) is 3.18. The Morgan fingerprint density at radius 1 is 1.12 bits per heavy atom. The Morgan fingerprint density at radius 3 is 2.52 bits per heavy atom. The van der Waals surface area contributed by atoms with E-state index in [1.165, 1.54) is 4.31 Å². The van der Waals surface area contributed by atoms with E-state index in [1.54, 1.807) is 32.2 Å². The lowest BCUT2D eigenvalue weighted by Crippen LogP contribution is -2.27. The van der Waals surface area contributed by atoms with Crippen molar-refractivity contribution in [2.45, 2.75) is 38.1 Å². The maximum absolute atomic E-state index is 12.9. The molecule has 0 aliphatic carbocycles. The molecule has 0 bridgehead atoms. The van der Waals surface area contributed by atoms with E-state index in [0.29, 0.717) is 12.2 Å². The highest BCUT2D eigenvalue weighted by Gasteiger charge is 2.29. The molecule has 0 saturated heterocycles. The van der Waals surface area contributed by atoms with Gasteiger partial charge in [-0.05, 0) is 55.7 Å². The standard InChI is InChI=1S/C19H22N2O3S/c1-12-5-6-15(13(2)9-12)11-21(4)25(23,24)16-7-8-18-17(10-16)14(3)19(22)20-18/h5-10,14H,11H2,1-4H3,(H,20,22)/t14-/m1/s1. The Balaban J connectivity index is 1.90. The average Bonchev–Trinajstić information content (AvgIpc) is 2.84. The van der Waals surface area contributed by atoms with Crippen molar-refractivity contribution in [3.63, 3.8) is 0 Å². The molecule has 2 aromatic carbocycles. The van der Waals surface area contributed by atoms with E-state index in [1.807, 2.05) is 32.0 Å². The van der Waals surface area contributed by atoms with Gasteiger partial charge in [0.05, 0.1) is 10.8 Å². The number of carbonyl (C=O) groups is 1. The van der Waals surface area contributed by atoms with Crippen molar-refractivity contribution in [1.82, 2.24) is 4.31 Å². The summed E-state index contributed by atoms with van der Waals surface area (Å²) in [6.45, 7) is 6.07. The number of nitrogens with one attached hydrogen (secondary N) is 1. The number of amides is 1. The first-order valence-electron chi connectivity index (χ1n) is 8.17. The Bertz CT molecular complexity index is 951. The fourth-order valence-corrected chi connectivity index (χ4v) is 4.27. The number of hydrogen-bond donors (Lipinski definition) is 1. The molecule has 1 amide bonds. The van der Waals surface area contributed by atoms with Crippen molar-refractivity contribution in [3.8, 4) is 0 Å². The summed E-state index contributed by atoms with van der Waals surface area (Å²) in [4.78, 5) is 12.0. The summed E-state index contributed by atoms with van der Waals surface area (Å²) >= 11 is 0. The van der Waals surface area contributed by atoms with E-state index in [2.05, 4.69) is 5.32 Å². The minimum Gasteiger partial charge on any atom is -0.325 e. The molecule has 0 spiro atoms. The minimum absolute atomic E-state index is 0.104. The Labute approximate surface area is 148 Å². The maximum Gasteiger partial charge on any atom is 0.243 e. The largest absolute Gasteiger partial charge is 0.325 e. The van der Waals surface area contributed by atoms with Gasteiger partial charge >= 0.3 is 0 Å². The van der Waals surface area contributed by atoms with Gasteiger partial charge in [0.2, 0.25) is 15.9 Å². The molecule has 1 aliphatic heterocycles. The van der Waals surface area contributed by atoms with Gasteiger partial charge < -0.3 is 5.32 Å². The van der Waals surface area contributed by atoms with Gasteiger partial charge in [-0.25, -0.2) is 8.42 Å². The van der Waals surface area contributed by atoms with Crippen LogP contribution in [0.1, 0.15) is 35.1 Å². The van der Waals surface area contributed by atoms with Gasteiger partial charge in [-0.3, -0.25) is 4.79 Å². The van der Waals surface area contributed by atoms with Crippen LogP contribution in [0, 0.1) is 13.8 Å². The van der Waals surface area contributed by atoms with Crippen molar-refractivity contribution < 1.29 is 13.2 Å². The fraction of sp³-hybridized carbons (Fsp3) is 0.316. The van der Waals surface area contributed by atoms with Crippen molar-refractivity contribution in [1.29, 1.82) is 0 Å². The normalized spacial score (nSPS) is 16.8. The predicted molar refractivity (Wildman–Crippen MR) is 98.1 cm³/mol. The molecule has 2 aromatic rings. The van der Waals surface area contributed by atoms with Gasteiger partial charge in [0.15, 0.2) is 0 Å². The third-order valence-corrected chi connectivity index (χ3v) is 6.54. The van der Waals surface area contributed by atoms with E-state index >= 15 is 0 Å². The van der Waals surface area contributed by atoms with Gasteiger partial charge in [-0.15, -0.1) is 0 Å². The molecule has 1 N–H and O–H groups in total. The molecular formula is C19H22N2O3S. The summed E-state index contributed by atoms with van der Waals surface area (Å²) in [5, 5.41) is 2.76. The fourth-order valence-electron chi connectivity index (χ4n) is 3.08. The lowest BCUT2D eigenvalue weighted by Gasteiger charge is -2.19. The van der Waals surface area contributed by atoms with Gasteiger partial charge in [0.25, 0.3) is 0 Å². The van der Waals surface area contributed by atoms with Crippen LogP contribution in [-0.4, -0.2) is 25.7 Å². The number of hydrogen-bond acceptors (Lipinski definition) is 3. The molecule has 132 valence electrons. The van der Waals surface area contributed by atoms with Crippen LogP contribution in [0.25, 0.3) is 0 Å². The van der Waals surface area contributed by atoms with Crippen LogP contribution in [0.2, 0.25) is 0 Å². The first-order chi connectivity index (χ1) is 11.7. The van der Waals surface area contributed by atoms with Crippen molar-refractivity contribution in [2.24, 2.45) is 0 Å². The zero-order valence-corrected chi connectivity index (χ0v) is 15.6. The van der Waals surface area contributed by atoms with Crippen molar-refractivity contribution >= 4 is 21.6 Å². The molecule has 1 atom stereocenters. The van der Waals surface area contributed by atoms with Crippen LogP contribution in [-0.2, 0) is 21.4 Å². The topological polar surface area (TPSA) is 66.5 Å². The SMILES string of the molecule is Cc1ccc(CN(C)S(=O)(=O)c2ccc3c(c2)[C@@H](C)C(=O)N3)c(C)c1. The van der Waals surface area contributed by atoms with Crippen LogP contribution in [0.3, 0.4) is 0 Å². The number of fused-ring (bicyclic) bond motifs is 1. The molecule has 3 rings (SSSR count). The average molecular weight is 358 g/mol. The van der Waals surface area contributed by atoms with E-state index < -0.39 is 10.0 Å². The summed E-state index contributed by atoms with van der Waals surface area (Å²) in [7, 11) is -2.05. The minimum atomic E-state index is -3.63. The lowest BCUT2D eigenvalue weighted by atomic mass is 10.0. The highest BCUT2D eigenvalue weighted by atomic mass is 32.2. The van der Waals surface area contributed by atoms with Crippen LogP contribution in [0.4, 0.5) is 5.69 Å². The Kier molecular flexibility index (Phi) is 4.43. The highest BCUT2D eigenvalue weighted by Crippen LogP contribution is 2.34. The first-order valence-corrected chi connectivity index (χ1v) is 9.61. The van der Waals surface area contributed by atoms with Crippen LogP contribution in [0.5, 0.6) is 0 Å². The monoisotopic (exact) mass is 358 g/mol. The molecule has 5 nitrogen and oxygen atoms in total. The molecule has 25 heavy (non-hydrogen) atoms. The zero-order chi connectivity index (χ0) is 18.4. The van der Waals surface area contributed by atoms with E-state index in [9.17, 15) is 13.2 Å². The second-order valence-corrected chi connectivity index (χ2v) is 8.70. The number of aryl methyl sites for hydroxylation is 2. The highest BCUT2D eigenvalue weighted by molar-refractivity contribution is 7.89. The summed E-state index contributed by atoms with van der Waals surface area (Å²) in [5.74, 6) is -0.442. The van der Waals surface area contributed by atoms with Crippen molar-refractivity contribution in [3.05, 3.63) is 58.7 Å². The second-order valence-electron chi connectivity index (χ2n) is 6.65. The first kappa shape index (κ1) is 17.6. The van der Waals surface area contributed by atoms with E-state index in [4.69, 9.17) is 0 Å². The Hall–Kier alpha value is -2.18. The molecule has 0 fully saturated rings. The number of nitrogens with zero attached hydrogens (tertiary/aromatic N) is 1. The lowest BCUT2D eigenvalue weighted by molar-refractivity contribution is -0.116. The van der Waals surface area contributed by atoms with Crippen LogP contribution < -0.4 is 5.32 Å². The number of sulfonamides is 1. The number of anilines is 1. The second kappa shape index (κ2) is 6.28. The summed E-state index contributed by atoms with van der Waals surface area (Å²) < 4.78 is 27.2. The van der Waals surface area contributed by atoms with Crippen molar-refractivity contribution in [2.75, 3.05) is 12.4 Å². The number of benzene rings is 2. The molecule has 1 heterocycles. The molecule has 0 saturated carbocycles. The summed E-state index contributed by atoms with van der Waals surface area (Å²) in [6.07, 6.45) is 0. The smallest absolute Gasteiger partial charge is 0.243 e. The molecule has 0 aromatic heterocycles. The molecule has 6 heteroatoms. The molecule has 0 unspecified atom stereocenters. The van der Waals surface area contributed by atoms with E-state index in [0.717, 1.165) is 22.3 Å². The van der Waals surface area contributed by atoms with Gasteiger partial charge in [0, 0.05) is 19.3 Å². The molecule has 1 aliphatic rings. The number of carbonyl (C=O) groups excluding carboxylic acids is 1. The third kappa shape index (κ3) is 3.19. The third-order valence-electron chi connectivity index (χ3n) is 4.74. The number of rotatable bonds is 4. The van der Waals surface area contributed by atoms with Gasteiger partial charge in [0.1, 0.15) is 0 Å². The van der Waals surface area contributed by atoms with Gasteiger partial charge in [-0.1, -0.05) is 23.8 Å². The van der Waals surface area contributed by atoms with E-state index in [-0.39, 0.29) is 16.7 Å². The quantitative estimate of drug-likeness (QED) is 0.913.